The van der Waals surface area contributed by atoms with E-state index in [-0.39, 0.29) is 41.1 Å². The molecule has 1 aliphatic carbocycles. The Bertz CT molecular complexity index is 1600. The van der Waals surface area contributed by atoms with E-state index < -0.39 is 0 Å². The maximum atomic E-state index is 13.4. The molecule has 0 spiro atoms. The Kier molecular flexibility index (Phi) is 5.26. The van der Waals surface area contributed by atoms with Crippen molar-refractivity contribution in [2.45, 2.75) is 70.4 Å². The van der Waals surface area contributed by atoms with Crippen LogP contribution in [0.4, 0.5) is 0 Å². The standard InChI is InChI=1S/C30H32N2O6/c1-30(2)10-9-21-23(38-30)12-24(27-19-5-3-6-20(19)29(35)37-28(21)27)36-16-26(34)31-13-17-11-18(15-31)22-7-4-8-25(33)32(22)14-17/h4,7-8,12,17-18H,3,5-6,9-11,13-16H2,1-2H3. The lowest BCUT2D eigenvalue weighted by Gasteiger charge is -2.42. The Hall–Kier alpha value is -3.55. The van der Waals surface area contributed by atoms with Crippen LogP contribution in [-0.4, -0.2) is 40.7 Å². The van der Waals surface area contributed by atoms with Crippen LogP contribution >= 0.6 is 0 Å². The fourth-order valence-corrected chi connectivity index (χ4v) is 7.00. The second-order valence-corrected chi connectivity index (χ2v) is 11.9. The summed E-state index contributed by atoms with van der Waals surface area (Å²) in [6.45, 7) is 5.82. The zero-order valence-electron chi connectivity index (χ0n) is 21.9. The minimum absolute atomic E-state index is 0.0316. The largest absolute Gasteiger partial charge is 0.487 e. The van der Waals surface area contributed by atoms with Gasteiger partial charge in [-0.15, -0.1) is 0 Å². The summed E-state index contributed by atoms with van der Waals surface area (Å²) < 4.78 is 20.3. The van der Waals surface area contributed by atoms with Crippen molar-refractivity contribution >= 4 is 16.9 Å². The van der Waals surface area contributed by atoms with E-state index in [9.17, 15) is 14.4 Å². The summed E-state index contributed by atoms with van der Waals surface area (Å²) in [5, 5.41) is 0.816. The van der Waals surface area contributed by atoms with E-state index in [1.165, 1.54) is 0 Å². The third kappa shape index (κ3) is 3.76. The highest BCUT2D eigenvalue weighted by molar-refractivity contribution is 5.93. The number of aromatic nitrogens is 1. The van der Waals surface area contributed by atoms with Crippen LogP contribution in [0, 0.1) is 5.92 Å². The van der Waals surface area contributed by atoms with Gasteiger partial charge >= 0.3 is 5.63 Å². The average Bonchev–Trinajstić information content (AvgIpc) is 3.38. The van der Waals surface area contributed by atoms with Gasteiger partial charge in [0.05, 0.1) is 5.39 Å². The zero-order valence-corrected chi connectivity index (χ0v) is 21.9. The van der Waals surface area contributed by atoms with Crippen LogP contribution in [0.25, 0.3) is 11.0 Å². The normalized spacial score (nSPS) is 22.8. The molecule has 1 aromatic carbocycles. The number of hydrogen-bond donors (Lipinski definition) is 0. The predicted molar refractivity (Wildman–Crippen MR) is 141 cm³/mol. The van der Waals surface area contributed by atoms with Gasteiger partial charge in [-0.1, -0.05) is 6.07 Å². The molecule has 2 unspecified atom stereocenters. The summed E-state index contributed by atoms with van der Waals surface area (Å²) >= 11 is 0. The second kappa shape index (κ2) is 8.48. The first kappa shape index (κ1) is 23.6. The molecule has 2 bridgehead atoms. The smallest absolute Gasteiger partial charge is 0.339 e. The van der Waals surface area contributed by atoms with Crippen molar-refractivity contribution in [1.29, 1.82) is 0 Å². The number of aryl methyl sites for hydroxylation is 2. The van der Waals surface area contributed by atoms with Crippen LogP contribution in [0.5, 0.6) is 11.5 Å². The number of nitrogens with zero attached hydrogens (tertiary/aromatic N) is 2. The lowest BCUT2D eigenvalue weighted by Crippen LogP contribution is -2.50. The van der Waals surface area contributed by atoms with E-state index in [1.807, 2.05) is 35.4 Å². The molecule has 0 radical (unpaired) electrons. The van der Waals surface area contributed by atoms with Gasteiger partial charge in [0.15, 0.2) is 6.61 Å². The van der Waals surface area contributed by atoms with Gasteiger partial charge in [-0.25, -0.2) is 4.79 Å². The molecule has 5 heterocycles. The highest BCUT2D eigenvalue weighted by Crippen LogP contribution is 2.44. The summed E-state index contributed by atoms with van der Waals surface area (Å²) in [7, 11) is 0. The lowest BCUT2D eigenvalue weighted by molar-refractivity contribution is -0.136. The Morgan fingerprint density at radius 3 is 2.79 bits per heavy atom. The minimum atomic E-state index is -0.339. The Morgan fingerprint density at radius 1 is 1.08 bits per heavy atom. The molecule has 4 aliphatic rings. The van der Waals surface area contributed by atoms with Crippen LogP contribution < -0.4 is 20.7 Å². The molecule has 7 rings (SSSR count). The number of benzene rings is 1. The number of amides is 1. The summed E-state index contributed by atoms with van der Waals surface area (Å²) in [4.78, 5) is 40.4. The molecule has 198 valence electrons. The first-order chi connectivity index (χ1) is 18.3. The zero-order chi connectivity index (χ0) is 26.2. The van der Waals surface area contributed by atoms with Gasteiger partial charge in [0.2, 0.25) is 0 Å². The molecule has 8 heteroatoms. The third-order valence-electron chi connectivity index (χ3n) is 8.81. The highest BCUT2D eigenvalue weighted by Gasteiger charge is 2.37. The van der Waals surface area contributed by atoms with Crippen molar-refractivity contribution in [1.82, 2.24) is 9.47 Å². The van der Waals surface area contributed by atoms with E-state index in [2.05, 4.69) is 0 Å². The molecular formula is C30H32N2O6. The number of carbonyl (C=O) groups excluding carboxylic acids is 1. The molecule has 0 saturated carbocycles. The van der Waals surface area contributed by atoms with Gasteiger partial charge < -0.3 is 23.4 Å². The molecule has 2 atom stereocenters. The molecule has 38 heavy (non-hydrogen) atoms. The quantitative estimate of drug-likeness (QED) is 0.495. The predicted octanol–water partition coefficient (Wildman–Crippen LogP) is 3.57. The number of fused-ring (bicyclic) bond motifs is 9. The highest BCUT2D eigenvalue weighted by atomic mass is 16.5. The average molecular weight is 517 g/mol. The lowest BCUT2D eigenvalue weighted by atomic mass is 9.83. The number of pyridine rings is 1. The summed E-state index contributed by atoms with van der Waals surface area (Å²) in [5.41, 5.74) is 3.59. The molecule has 1 amide bonds. The van der Waals surface area contributed by atoms with Crippen molar-refractivity contribution in [2.24, 2.45) is 5.92 Å². The number of ether oxygens (including phenoxy) is 2. The molecule has 2 aromatic heterocycles. The van der Waals surface area contributed by atoms with Gasteiger partial charge in [0.25, 0.3) is 11.5 Å². The van der Waals surface area contributed by atoms with Crippen molar-refractivity contribution in [3.05, 3.63) is 67.4 Å². The molecule has 3 aromatic rings. The fourth-order valence-electron chi connectivity index (χ4n) is 7.00. The molecular weight excluding hydrogens is 484 g/mol. The molecule has 0 N–H and O–H groups in total. The number of carbonyl (C=O) groups is 1. The van der Waals surface area contributed by atoms with Gasteiger partial charge in [0.1, 0.15) is 22.7 Å². The van der Waals surface area contributed by atoms with Crippen molar-refractivity contribution in [2.75, 3.05) is 19.7 Å². The molecule has 3 aliphatic heterocycles. The molecule has 1 fully saturated rings. The van der Waals surface area contributed by atoms with Crippen molar-refractivity contribution in [3.8, 4) is 11.5 Å². The van der Waals surface area contributed by atoms with Gasteiger partial charge in [0, 0.05) is 54.5 Å². The first-order valence-corrected chi connectivity index (χ1v) is 13.7. The number of likely N-dealkylation sites (tertiary alicyclic amines) is 1. The van der Waals surface area contributed by atoms with Crippen molar-refractivity contribution in [3.63, 3.8) is 0 Å². The van der Waals surface area contributed by atoms with Gasteiger partial charge in [-0.05, 0) is 69.9 Å². The summed E-state index contributed by atoms with van der Waals surface area (Å²) in [6, 6.07) is 7.30. The van der Waals surface area contributed by atoms with Crippen LogP contribution in [-0.2, 0) is 30.6 Å². The van der Waals surface area contributed by atoms with Crippen LogP contribution in [0.3, 0.4) is 0 Å². The summed E-state index contributed by atoms with van der Waals surface area (Å²) in [5.74, 6) is 1.53. The van der Waals surface area contributed by atoms with E-state index in [0.717, 1.165) is 59.9 Å². The monoisotopic (exact) mass is 516 g/mol. The van der Waals surface area contributed by atoms with Crippen molar-refractivity contribution < 1.29 is 18.7 Å². The van der Waals surface area contributed by atoms with E-state index >= 15 is 0 Å². The van der Waals surface area contributed by atoms with Crippen LogP contribution in [0.1, 0.15) is 61.4 Å². The molecule has 1 saturated heterocycles. The molecule has 8 nitrogen and oxygen atoms in total. The fraction of sp³-hybridized carbons (Fsp3) is 0.500. The minimum Gasteiger partial charge on any atom is -0.487 e. The Balaban J connectivity index is 1.20. The van der Waals surface area contributed by atoms with E-state index in [0.29, 0.717) is 43.1 Å². The van der Waals surface area contributed by atoms with Gasteiger partial charge in [-0.3, -0.25) is 9.59 Å². The number of rotatable bonds is 3. The second-order valence-electron chi connectivity index (χ2n) is 11.9. The first-order valence-electron chi connectivity index (χ1n) is 13.7. The number of hydrogen-bond acceptors (Lipinski definition) is 6. The van der Waals surface area contributed by atoms with E-state index in [4.69, 9.17) is 13.9 Å². The van der Waals surface area contributed by atoms with Gasteiger partial charge in [-0.2, -0.15) is 0 Å². The maximum absolute atomic E-state index is 13.4. The maximum Gasteiger partial charge on any atom is 0.339 e. The van der Waals surface area contributed by atoms with Crippen LogP contribution in [0.2, 0.25) is 0 Å². The Labute approximate surface area is 220 Å². The third-order valence-corrected chi connectivity index (χ3v) is 8.81. The van der Waals surface area contributed by atoms with E-state index in [1.54, 1.807) is 12.1 Å². The summed E-state index contributed by atoms with van der Waals surface area (Å²) in [6.07, 6.45) is 4.96. The number of piperidine rings is 1. The topological polar surface area (TPSA) is 91.0 Å². The Morgan fingerprint density at radius 2 is 1.92 bits per heavy atom. The van der Waals surface area contributed by atoms with Crippen LogP contribution in [0.15, 0.2) is 38.3 Å². The SMILES string of the molecule is CC1(C)CCc2c(cc(OCC(=O)N3CC4CC(C3)c3cccc(=O)n3C4)c3c4c(c(=O)oc23)CCC4)O1.